The molecule has 0 atom stereocenters. The summed E-state index contributed by atoms with van der Waals surface area (Å²) >= 11 is 0. The summed E-state index contributed by atoms with van der Waals surface area (Å²) < 4.78 is 42.7. The standard InChI is InChI=1S/C31H29N5O6S/c1-40-24-11-6-8-20(14-24)15-29(37)32-21-9-7-10-23(16-21)36(43(38)39)31-30(34-27-12-4-5-13-28(27)35-31)33-22-17-25(41-2)19-26(18-22)42-3/h4-14,16-19,43H,15H2,1-3H3,(H,32,37)(H,33,34). The second-order valence-electron chi connectivity index (χ2n) is 9.29. The van der Waals surface area contributed by atoms with E-state index in [4.69, 9.17) is 19.2 Å². The summed E-state index contributed by atoms with van der Waals surface area (Å²) in [5.41, 5.74) is 3.04. The number of para-hydroxylation sites is 2. The zero-order chi connectivity index (χ0) is 30.3. The van der Waals surface area contributed by atoms with Crippen LogP contribution >= 0.6 is 0 Å². The number of hydrogen-bond donors (Lipinski definition) is 3. The van der Waals surface area contributed by atoms with E-state index in [2.05, 4.69) is 15.6 Å². The number of methoxy groups -OCH3 is 3. The molecule has 0 saturated heterocycles. The van der Waals surface area contributed by atoms with E-state index in [0.717, 1.165) is 9.87 Å². The number of nitrogens with one attached hydrogen (secondary N) is 2. The molecule has 0 saturated carbocycles. The number of ether oxygens (including phenoxy) is 3. The Kier molecular flexibility index (Phi) is 8.87. The first-order valence-corrected chi connectivity index (χ1v) is 14.2. The molecule has 0 unspecified atom stereocenters. The summed E-state index contributed by atoms with van der Waals surface area (Å²) in [6, 6.07) is 26.0. The molecule has 4 aromatic carbocycles. The van der Waals surface area contributed by atoms with Crippen LogP contribution in [0, 0.1) is 0 Å². The zero-order valence-electron chi connectivity index (χ0n) is 23.6. The molecular weight excluding hydrogens is 570 g/mol. The van der Waals surface area contributed by atoms with Gasteiger partial charge in [0.05, 0.1) is 44.5 Å². The third-order valence-corrected chi connectivity index (χ3v) is 7.15. The van der Waals surface area contributed by atoms with Crippen molar-refractivity contribution in [2.75, 3.05) is 36.3 Å². The minimum atomic E-state index is -3.24. The van der Waals surface area contributed by atoms with Crippen LogP contribution in [0.1, 0.15) is 5.56 Å². The van der Waals surface area contributed by atoms with Crippen molar-refractivity contribution in [1.82, 2.24) is 9.97 Å². The fourth-order valence-corrected chi connectivity index (χ4v) is 5.03. The van der Waals surface area contributed by atoms with Crippen molar-refractivity contribution in [3.63, 3.8) is 0 Å². The Balaban J connectivity index is 1.51. The number of hydrogen-bond acceptors (Lipinski definition) is 9. The average Bonchev–Trinajstić information content (AvgIpc) is 3.01. The Labute approximate surface area is 250 Å². The number of carbonyl (C=O) groups is 1. The van der Waals surface area contributed by atoms with E-state index in [1.807, 2.05) is 18.2 Å². The van der Waals surface area contributed by atoms with Crippen molar-refractivity contribution < 1.29 is 27.4 Å². The molecule has 0 radical (unpaired) electrons. The quantitative estimate of drug-likeness (QED) is 0.174. The molecule has 5 rings (SSSR count). The number of carbonyl (C=O) groups excluding carboxylic acids is 1. The second-order valence-corrected chi connectivity index (χ2v) is 10.2. The molecule has 0 aliphatic carbocycles. The molecule has 0 fully saturated rings. The van der Waals surface area contributed by atoms with Crippen LogP contribution in [0.3, 0.4) is 0 Å². The van der Waals surface area contributed by atoms with Crippen LogP contribution in [0.5, 0.6) is 17.2 Å². The summed E-state index contributed by atoms with van der Waals surface area (Å²) in [4.78, 5) is 22.2. The highest BCUT2D eigenvalue weighted by Crippen LogP contribution is 2.35. The molecule has 11 nitrogen and oxygen atoms in total. The number of nitrogens with zero attached hydrogens (tertiary/aromatic N) is 3. The highest BCUT2D eigenvalue weighted by Gasteiger charge is 2.21. The molecule has 0 aliphatic rings. The van der Waals surface area contributed by atoms with Gasteiger partial charge in [0.1, 0.15) is 17.2 Å². The van der Waals surface area contributed by atoms with Gasteiger partial charge in [0.15, 0.2) is 11.6 Å². The maximum absolute atomic E-state index is 12.8. The Bertz CT molecular complexity index is 1830. The van der Waals surface area contributed by atoms with E-state index in [0.29, 0.717) is 39.7 Å². The minimum Gasteiger partial charge on any atom is -0.497 e. The number of benzene rings is 4. The first-order valence-electron chi connectivity index (χ1n) is 13.1. The topological polar surface area (TPSA) is 132 Å². The van der Waals surface area contributed by atoms with Gasteiger partial charge in [-0.05, 0) is 48.0 Å². The average molecular weight is 600 g/mol. The zero-order valence-corrected chi connectivity index (χ0v) is 24.5. The van der Waals surface area contributed by atoms with Crippen LogP contribution in [-0.2, 0) is 22.1 Å². The molecule has 2 N–H and O–H groups in total. The molecule has 0 bridgehead atoms. The molecule has 5 aromatic rings. The SMILES string of the molecule is COc1cccc(CC(=O)Nc2cccc(N(c3nc4ccccc4nc3Nc3cc(OC)cc(OC)c3)[SH](=O)=O)c2)c1. The van der Waals surface area contributed by atoms with E-state index in [1.165, 1.54) is 14.2 Å². The number of aromatic nitrogens is 2. The number of amides is 1. The van der Waals surface area contributed by atoms with Crippen molar-refractivity contribution in [3.8, 4) is 17.2 Å². The third kappa shape index (κ3) is 6.93. The van der Waals surface area contributed by atoms with Gasteiger partial charge in [-0.2, -0.15) is 0 Å². The minimum absolute atomic E-state index is 0.0384. The molecule has 1 heterocycles. The third-order valence-electron chi connectivity index (χ3n) is 6.40. The van der Waals surface area contributed by atoms with E-state index in [1.54, 1.807) is 79.9 Å². The van der Waals surface area contributed by atoms with E-state index < -0.39 is 10.9 Å². The normalized spacial score (nSPS) is 10.8. The van der Waals surface area contributed by atoms with E-state index >= 15 is 0 Å². The molecule has 12 heteroatoms. The molecule has 0 aliphatic heterocycles. The maximum atomic E-state index is 12.8. The summed E-state index contributed by atoms with van der Waals surface area (Å²) in [5, 5.41) is 6.02. The van der Waals surface area contributed by atoms with Crippen molar-refractivity contribution in [2.45, 2.75) is 6.42 Å². The highest BCUT2D eigenvalue weighted by atomic mass is 32.2. The van der Waals surface area contributed by atoms with Gasteiger partial charge in [0.25, 0.3) is 0 Å². The van der Waals surface area contributed by atoms with E-state index in [9.17, 15) is 13.2 Å². The van der Waals surface area contributed by atoms with Crippen LogP contribution in [0.15, 0.2) is 91.0 Å². The van der Waals surface area contributed by atoms with Gasteiger partial charge < -0.3 is 24.8 Å². The van der Waals surface area contributed by atoms with Crippen molar-refractivity contribution >= 4 is 56.5 Å². The predicted molar refractivity (Wildman–Crippen MR) is 167 cm³/mol. The number of rotatable bonds is 11. The Hall–Kier alpha value is -5.36. The van der Waals surface area contributed by atoms with Gasteiger partial charge in [-0.25, -0.2) is 22.7 Å². The highest BCUT2D eigenvalue weighted by molar-refractivity contribution is 7.74. The monoisotopic (exact) mass is 599 g/mol. The Morgan fingerprint density at radius 3 is 2.09 bits per heavy atom. The largest absolute Gasteiger partial charge is 0.497 e. The van der Waals surface area contributed by atoms with Gasteiger partial charge >= 0.3 is 0 Å². The number of anilines is 5. The van der Waals surface area contributed by atoms with Gasteiger partial charge in [0, 0.05) is 29.6 Å². The second kappa shape index (κ2) is 13.1. The summed E-state index contributed by atoms with van der Waals surface area (Å²) in [6.07, 6.45) is 0.106. The number of thiol groups is 1. The van der Waals surface area contributed by atoms with Crippen LogP contribution < -0.4 is 29.1 Å². The van der Waals surface area contributed by atoms with Crippen LogP contribution in [-0.4, -0.2) is 45.6 Å². The molecule has 0 spiro atoms. The summed E-state index contributed by atoms with van der Waals surface area (Å²) in [5.74, 6) is 1.65. The first kappa shape index (κ1) is 29.1. The van der Waals surface area contributed by atoms with Gasteiger partial charge in [-0.3, -0.25) is 4.79 Å². The number of fused-ring (bicyclic) bond motifs is 1. The summed E-state index contributed by atoms with van der Waals surface area (Å²) in [7, 11) is 1.38. The van der Waals surface area contributed by atoms with Crippen molar-refractivity contribution in [1.29, 1.82) is 0 Å². The summed E-state index contributed by atoms with van der Waals surface area (Å²) in [6.45, 7) is 0. The van der Waals surface area contributed by atoms with E-state index in [-0.39, 0.29) is 29.7 Å². The smallest absolute Gasteiger partial charge is 0.230 e. The Morgan fingerprint density at radius 2 is 1.42 bits per heavy atom. The fourth-order valence-electron chi connectivity index (χ4n) is 4.42. The Morgan fingerprint density at radius 1 is 0.744 bits per heavy atom. The lowest BCUT2D eigenvalue weighted by Crippen LogP contribution is -2.19. The molecular formula is C31H29N5O6S. The molecule has 1 aromatic heterocycles. The van der Waals surface area contributed by atoms with Gasteiger partial charge in [-0.1, -0.05) is 30.3 Å². The first-order chi connectivity index (χ1) is 20.9. The lowest BCUT2D eigenvalue weighted by atomic mass is 10.1. The van der Waals surface area contributed by atoms with Crippen LogP contribution in [0.4, 0.5) is 28.7 Å². The van der Waals surface area contributed by atoms with Crippen LogP contribution in [0.2, 0.25) is 0 Å². The van der Waals surface area contributed by atoms with Crippen LogP contribution in [0.25, 0.3) is 11.0 Å². The predicted octanol–water partition coefficient (Wildman–Crippen LogP) is 5.24. The fraction of sp³-hybridized carbons (Fsp3) is 0.129. The molecule has 1 amide bonds. The van der Waals surface area contributed by atoms with Crippen molar-refractivity contribution in [3.05, 3.63) is 96.6 Å². The van der Waals surface area contributed by atoms with Gasteiger partial charge in [-0.15, -0.1) is 0 Å². The lowest BCUT2D eigenvalue weighted by Gasteiger charge is -2.21. The van der Waals surface area contributed by atoms with Crippen molar-refractivity contribution in [2.24, 2.45) is 0 Å². The van der Waals surface area contributed by atoms with Gasteiger partial charge in [0.2, 0.25) is 16.8 Å². The molecule has 220 valence electrons. The lowest BCUT2D eigenvalue weighted by molar-refractivity contribution is -0.115. The molecule has 43 heavy (non-hydrogen) atoms. The maximum Gasteiger partial charge on any atom is 0.230 e.